The van der Waals surface area contributed by atoms with Crippen LogP contribution in [0.4, 0.5) is 11.9 Å². The zero-order valence-corrected chi connectivity index (χ0v) is 19.0. The first kappa shape index (κ1) is 23.6. The molecule has 0 saturated heterocycles. The van der Waals surface area contributed by atoms with Crippen molar-refractivity contribution in [3.05, 3.63) is 5.82 Å². The standard InChI is InChI=1S/C22H43N5/c1-8-12-16-26(15-11-4)20-23-19(22(5,6)7)24-21(25-20)27(17-13-9-2)18-14-10-3/h8-18H2,1-7H3. The molecule has 0 aliphatic heterocycles. The fourth-order valence-corrected chi connectivity index (χ4v) is 2.91. The van der Waals surface area contributed by atoms with E-state index in [0.29, 0.717) is 0 Å². The van der Waals surface area contributed by atoms with Crippen molar-refractivity contribution in [2.24, 2.45) is 0 Å². The van der Waals surface area contributed by atoms with Gasteiger partial charge in [0.1, 0.15) is 5.82 Å². The van der Waals surface area contributed by atoms with Crippen molar-refractivity contribution >= 4 is 11.9 Å². The molecule has 1 aromatic rings. The molecule has 0 aliphatic rings. The van der Waals surface area contributed by atoms with Crippen molar-refractivity contribution in [3.8, 4) is 0 Å². The van der Waals surface area contributed by atoms with Crippen LogP contribution in [0, 0.1) is 0 Å². The Kier molecular flexibility index (Phi) is 10.6. The summed E-state index contributed by atoms with van der Waals surface area (Å²) in [6, 6.07) is 0. The van der Waals surface area contributed by atoms with Crippen molar-refractivity contribution in [2.75, 3.05) is 36.0 Å². The van der Waals surface area contributed by atoms with Crippen molar-refractivity contribution in [3.63, 3.8) is 0 Å². The van der Waals surface area contributed by atoms with E-state index in [1.54, 1.807) is 0 Å². The van der Waals surface area contributed by atoms with E-state index >= 15 is 0 Å². The van der Waals surface area contributed by atoms with Gasteiger partial charge in [0.05, 0.1) is 0 Å². The molecule has 27 heavy (non-hydrogen) atoms. The lowest BCUT2D eigenvalue weighted by molar-refractivity contribution is 0.534. The van der Waals surface area contributed by atoms with Gasteiger partial charge in [-0.3, -0.25) is 0 Å². The molecule has 5 nitrogen and oxygen atoms in total. The van der Waals surface area contributed by atoms with Gasteiger partial charge in [-0.25, -0.2) is 0 Å². The van der Waals surface area contributed by atoms with Gasteiger partial charge >= 0.3 is 0 Å². The van der Waals surface area contributed by atoms with E-state index in [4.69, 9.17) is 15.0 Å². The van der Waals surface area contributed by atoms with Gasteiger partial charge in [-0.05, 0) is 25.7 Å². The Labute approximate surface area is 168 Å². The van der Waals surface area contributed by atoms with E-state index in [1.165, 1.54) is 38.5 Å². The fraction of sp³-hybridized carbons (Fsp3) is 0.864. The van der Waals surface area contributed by atoms with Gasteiger partial charge in [0.2, 0.25) is 11.9 Å². The van der Waals surface area contributed by atoms with Crippen molar-refractivity contribution in [1.82, 2.24) is 15.0 Å². The van der Waals surface area contributed by atoms with E-state index in [1.807, 2.05) is 0 Å². The molecule has 0 aliphatic carbocycles. The topological polar surface area (TPSA) is 45.2 Å². The number of hydrogen-bond donors (Lipinski definition) is 0. The Morgan fingerprint density at radius 3 is 1.33 bits per heavy atom. The summed E-state index contributed by atoms with van der Waals surface area (Å²) in [5.74, 6) is 2.63. The molecule has 0 N–H and O–H groups in total. The van der Waals surface area contributed by atoms with Crippen LogP contribution in [0.15, 0.2) is 0 Å². The van der Waals surface area contributed by atoms with Crippen LogP contribution in [0.1, 0.15) is 99.2 Å². The minimum absolute atomic E-state index is 0.0870. The Balaban J connectivity index is 3.30. The summed E-state index contributed by atoms with van der Waals surface area (Å²) in [6.45, 7) is 19.6. The highest BCUT2D eigenvalue weighted by molar-refractivity contribution is 5.40. The Morgan fingerprint density at radius 2 is 1.00 bits per heavy atom. The van der Waals surface area contributed by atoms with E-state index < -0.39 is 0 Å². The van der Waals surface area contributed by atoms with Crippen LogP contribution >= 0.6 is 0 Å². The van der Waals surface area contributed by atoms with E-state index in [0.717, 1.165) is 50.3 Å². The molecule has 0 bridgehead atoms. The molecule has 0 aromatic carbocycles. The monoisotopic (exact) mass is 377 g/mol. The van der Waals surface area contributed by atoms with Crippen LogP contribution < -0.4 is 9.80 Å². The first-order chi connectivity index (χ1) is 12.9. The molecule has 0 amide bonds. The average Bonchev–Trinajstić information content (AvgIpc) is 2.64. The van der Waals surface area contributed by atoms with Crippen LogP contribution in [0.5, 0.6) is 0 Å². The number of nitrogens with zero attached hydrogens (tertiary/aromatic N) is 5. The number of unbranched alkanes of at least 4 members (excludes halogenated alkanes) is 3. The quantitative estimate of drug-likeness (QED) is 0.448. The molecule has 0 unspecified atom stereocenters. The highest BCUT2D eigenvalue weighted by Gasteiger charge is 2.23. The summed E-state index contributed by atoms with van der Waals surface area (Å²) in [5.41, 5.74) is -0.0870. The second-order valence-corrected chi connectivity index (χ2v) is 8.54. The summed E-state index contributed by atoms with van der Waals surface area (Å²) in [5, 5.41) is 0. The molecule has 0 fully saturated rings. The second-order valence-electron chi connectivity index (χ2n) is 8.54. The maximum atomic E-state index is 4.95. The molecule has 5 heteroatoms. The minimum Gasteiger partial charge on any atom is -0.341 e. The highest BCUT2D eigenvalue weighted by Crippen LogP contribution is 2.24. The zero-order valence-electron chi connectivity index (χ0n) is 19.0. The average molecular weight is 378 g/mol. The Morgan fingerprint density at radius 1 is 0.593 bits per heavy atom. The molecule has 0 spiro atoms. The van der Waals surface area contributed by atoms with Crippen molar-refractivity contribution < 1.29 is 0 Å². The van der Waals surface area contributed by atoms with Gasteiger partial charge < -0.3 is 9.80 Å². The molecule has 0 saturated carbocycles. The van der Waals surface area contributed by atoms with Gasteiger partial charge in [0, 0.05) is 31.6 Å². The third kappa shape index (κ3) is 8.02. The molecular weight excluding hydrogens is 334 g/mol. The van der Waals surface area contributed by atoms with Crippen LogP contribution in [0.25, 0.3) is 0 Å². The maximum absolute atomic E-state index is 4.95. The minimum atomic E-state index is -0.0870. The molecule has 156 valence electrons. The smallest absolute Gasteiger partial charge is 0.230 e. The third-order valence-electron chi connectivity index (χ3n) is 4.69. The van der Waals surface area contributed by atoms with Crippen LogP contribution in [-0.4, -0.2) is 41.1 Å². The summed E-state index contributed by atoms with van der Waals surface area (Å²) < 4.78 is 0. The third-order valence-corrected chi connectivity index (χ3v) is 4.69. The molecule has 1 rings (SSSR count). The van der Waals surface area contributed by atoms with Crippen molar-refractivity contribution in [1.29, 1.82) is 0 Å². The van der Waals surface area contributed by atoms with Gasteiger partial charge in [-0.15, -0.1) is 0 Å². The van der Waals surface area contributed by atoms with Crippen LogP contribution in [-0.2, 0) is 5.41 Å². The van der Waals surface area contributed by atoms with Gasteiger partial charge in [0.15, 0.2) is 0 Å². The maximum Gasteiger partial charge on any atom is 0.230 e. The second kappa shape index (κ2) is 12.1. The Hall–Kier alpha value is -1.39. The molecule has 0 atom stereocenters. The largest absolute Gasteiger partial charge is 0.341 e. The number of aromatic nitrogens is 3. The Bertz CT molecular complexity index is 516. The van der Waals surface area contributed by atoms with E-state index in [-0.39, 0.29) is 5.41 Å². The summed E-state index contributed by atoms with van der Waals surface area (Å²) in [4.78, 5) is 19.5. The normalized spacial score (nSPS) is 11.7. The fourth-order valence-electron chi connectivity index (χ4n) is 2.91. The predicted octanol–water partition coefficient (Wildman–Crippen LogP) is 5.59. The van der Waals surface area contributed by atoms with Crippen molar-refractivity contribution in [2.45, 2.75) is 98.8 Å². The lowest BCUT2D eigenvalue weighted by Crippen LogP contribution is -2.33. The molecule has 0 radical (unpaired) electrons. The summed E-state index contributed by atoms with van der Waals surface area (Å²) in [6.07, 6.45) is 8.17. The SMILES string of the molecule is CCCCN(CCC)c1nc(N(CCCC)CCCC)nc(C(C)(C)C)n1. The summed E-state index contributed by atoms with van der Waals surface area (Å²) >= 11 is 0. The predicted molar refractivity (Wildman–Crippen MR) is 118 cm³/mol. The van der Waals surface area contributed by atoms with E-state index in [2.05, 4.69) is 58.3 Å². The van der Waals surface area contributed by atoms with Gasteiger partial charge in [-0.2, -0.15) is 15.0 Å². The zero-order chi connectivity index (χ0) is 20.3. The van der Waals surface area contributed by atoms with Gasteiger partial charge in [-0.1, -0.05) is 67.7 Å². The van der Waals surface area contributed by atoms with E-state index in [9.17, 15) is 0 Å². The summed E-state index contributed by atoms with van der Waals surface area (Å²) in [7, 11) is 0. The molecular formula is C22H43N5. The van der Waals surface area contributed by atoms with Crippen LogP contribution in [0.2, 0.25) is 0 Å². The molecule has 1 aromatic heterocycles. The lowest BCUT2D eigenvalue weighted by Gasteiger charge is -2.28. The van der Waals surface area contributed by atoms with Gasteiger partial charge in [0.25, 0.3) is 0 Å². The number of rotatable bonds is 13. The number of hydrogen-bond acceptors (Lipinski definition) is 5. The molecule has 1 heterocycles. The highest BCUT2D eigenvalue weighted by atomic mass is 15.3. The number of anilines is 2. The van der Waals surface area contributed by atoms with Crippen LogP contribution in [0.3, 0.4) is 0 Å². The first-order valence-electron chi connectivity index (χ1n) is 11.1. The first-order valence-corrected chi connectivity index (χ1v) is 11.1. The lowest BCUT2D eigenvalue weighted by atomic mass is 9.96.